The number of nitrogens with two attached hydrogens (primary N) is 1. The van der Waals surface area contributed by atoms with Gasteiger partial charge in [0.05, 0.1) is 0 Å². The zero-order chi connectivity index (χ0) is 5.98. The van der Waals surface area contributed by atoms with E-state index in [1.807, 2.05) is 4.90 Å². The van der Waals surface area contributed by atoms with Gasteiger partial charge in [-0.2, -0.15) is 0 Å². The smallest absolute Gasteiger partial charge is 0.0168 e. The van der Waals surface area contributed by atoms with E-state index in [1.165, 1.54) is 12.8 Å². The SMILES string of the molecule is [CH2]N1CCCC(N)C1. The van der Waals surface area contributed by atoms with Crippen LogP contribution in [-0.4, -0.2) is 24.0 Å². The second-order valence-electron chi connectivity index (χ2n) is 2.48. The van der Waals surface area contributed by atoms with Crippen LogP contribution >= 0.6 is 0 Å². The molecule has 2 N–H and O–H groups in total. The highest BCUT2D eigenvalue weighted by atomic mass is 15.1. The van der Waals surface area contributed by atoms with Crippen LogP contribution < -0.4 is 5.73 Å². The molecule has 0 bridgehead atoms. The first-order valence-corrected chi connectivity index (χ1v) is 3.10. The third-order valence-electron chi connectivity index (χ3n) is 1.54. The van der Waals surface area contributed by atoms with Gasteiger partial charge in [0.25, 0.3) is 0 Å². The van der Waals surface area contributed by atoms with Crippen molar-refractivity contribution in [3.05, 3.63) is 7.05 Å². The van der Waals surface area contributed by atoms with E-state index in [0.29, 0.717) is 6.04 Å². The van der Waals surface area contributed by atoms with E-state index in [4.69, 9.17) is 5.73 Å². The third kappa shape index (κ3) is 1.46. The molecule has 1 atom stereocenters. The van der Waals surface area contributed by atoms with Crippen molar-refractivity contribution in [2.24, 2.45) is 5.73 Å². The van der Waals surface area contributed by atoms with Crippen molar-refractivity contribution in [2.45, 2.75) is 18.9 Å². The van der Waals surface area contributed by atoms with Gasteiger partial charge < -0.3 is 10.6 Å². The van der Waals surface area contributed by atoms with Gasteiger partial charge >= 0.3 is 0 Å². The van der Waals surface area contributed by atoms with Gasteiger partial charge in [0.1, 0.15) is 0 Å². The molecule has 0 saturated carbocycles. The molecule has 0 spiro atoms. The van der Waals surface area contributed by atoms with Gasteiger partial charge in [0.2, 0.25) is 0 Å². The number of hydrogen-bond acceptors (Lipinski definition) is 2. The maximum atomic E-state index is 5.64. The van der Waals surface area contributed by atoms with E-state index in [0.717, 1.165) is 13.1 Å². The second-order valence-corrected chi connectivity index (χ2v) is 2.48. The summed E-state index contributed by atoms with van der Waals surface area (Å²) in [6.07, 6.45) is 2.39. The predicted octanol–water partition coefficient (Wildman–Crippen LogP) is 0.201. The summed E-state index contributed by atoms with van der Waals surface area (Å²) in [6, 6.07) is 0.376. The van der Waals surface area contributed by atoms with Gasteiger partial charge in [-0.05, 0) is 19.4 Å². The first kappa shape index (κ1) is 6.05. The lowest BCUT2D eigenvalue weighted by Gasteiger charge is -2.26. The van der Waals surface area contributed by atoms with Crippen molar-refractivity contribution in [2.75, 3.05) is 13.1 Å². The van der Waals surface area contributed by atoms with Crippen molar-refractivity contribution in [3.8, 4) is 0 Å². The lowest BCUT2D eigenvalue weighted by Crippen LogP contribution is -2.39. The standard InChI is InChI=1S/C6H13N2/c1-8-4-2-3-6(7)5-8/h6H,1-5,7H2. The fraction of sp³-hybridized carbons (Fsp3) is 0.833. The lowest BCUT2D eigenvalue weighted by atomic mass is 10.1. The first-order chi connectivity index (χ1) is 3.79. The molecule has 1 fully saturated rings. The molecule has 2 nitrogen and oxygen atoms in total. The lowest BCUT2D eigenvalue weighted by molar-refractivity contribution is 0.277. The van der Waals surface area contributed by atoms with Gasteiger partial charge in [0, 0.05) is 19.6 Å². The van der Waals surface area contributed by atoms with Gasteiger partial charge in [-0.1, -0.05) is 0 Å². The minimum absolute atomic E-state index is 0.376. The zero-order valence-corrected chi connectivity index (χ0v) is 5.14. The Kier molecular flexibility index (Phi) is 1.86. The maximum absolute atomic E-state index is 5.64. The van der Waals surface area contributed by atoms with Crippen molar-refractivity contribution in [1.82, 2.24) is 4.90 Å². The van der Waals surface area contributed by atoms with Crippen LogP contribution in [0, 0.1) is 7.05 Å². The number of piperidine rings is 1. The molecule has 2 heteroatoms. The molecular weight excluding hydrogens is 100 g/mol. The highest BCUT2D eigenvalue weighted by Gasteiger charge is 2.11. The zero-order valence-electron chi connectivity index (χ0n) is 5.14. The summed E-state index contributed by atoms with van der Waals surface area (Å²) in [4.78, 5) is 2.04. The highest BCUT2D eigenvalue weighted by Crippen LogP contribution is 2.05. The topological polar surface area (TPSA) is 29.3 Å². The largest absolute Gasteiger partial charge is 0.327 e. The van der Waals surface area contributed by atoms with E-state index >= 15 is 0 Å². The summed E-state index contributed by atoms with van der Waals surface area (Å²) in [5.74, 6) is 0. The number of hydrogen-bond donors (Lipinski definition) is 1. The fourth-order valence-corrected chi connectivity index (χ4v) is 1.09. The van der Waals surface area contributed by atoms with Crippen LogP contribution in [-0.2, 0) is 0 Å². The molecule has 8 heavy (non-hydrogen) atoms. The van der Waals surface area contributed by atoms with Crippen molar-refractivity contribution in [3.63, 3.8) is 0 Å². The molecule has 1 saturated heterocycles. The summed E-state index contributed by atoms with van der Waals surface area (Å²) in [5.41, 5.74) is 5.64. The molecule has 0 aromatic carbocycles. The normalized spacial score (nSPS) is 33.0. The Hall–Kier alpha value is -0.0800. The molecule has 0 amide bonds. The number of likely N-dealkylation sites (tertiary alicyclic amines) is 1. The van der Waals surface area contributed by atoms with Crippen LogP contribution in [0.3, 0.4) is 0 Å². The molecule has 0 aromatic heterocycles. The Morgan fingerprint density at radius 1 is 1.62 bits per heavy atom. The fourth-order valence-electron chi connectivity index (χ4n) is 1.09. The van der Waals surface area contributed by atoms with Crippen LogP contribution in [0.5, 0.6) is 0 Å². The molecule has 1 rings (SSSR count). The monoisotopic (exact) mass is 113 g/mol. The van der Waals surface area contributed by atoms with Crippen LogP contribution in [0.25, 0.3) is 0 Å². The molecule has 47 valence electrons. The minimum Gasteiger partial charge on any atom is -0.327 e. The second kappa shape index (κ2) is 2.46. The van der Waals surface area contributed by atoms with E-state index < -0.39 is 0 Å². The maximum Gasteiger partial charge on any atom is 0.0168 e. The summed E-state index contributed by atoms with van der Waals surface area (Å²) in [7, 11) is 3.80. The summed E-state index contributed by atoms with van der Waals surface area (Å²) < 4.78 is 0. The molecule has 1 heterocycles. The number of nitrogens with zero attached hydrogens (tertiary/aromatic N) is 1. The molecule has 1 aliphatic heterocycles. The predicted molar refractivity (Wildman–Crippen MR) is 34.1 cm³/mol. The average Bonchev–Trinajstić information content (AvgIpc) is 1.64. The van der Waals surface area contributed by atoms with Gasteiger partial charge in [-0.25, -0.2) is 0 Å². The Balaban J connectivity index is 2.23. The quantitative estimate of drug-likeness (QED) is 0.486. The van der Waals surface area contributed by atoms with E-state index in [2.05, 4.69) is 7.05 Å². The van der Waals surface area contributed by atoms with Crippen molar-refractivity contribution in [1.29, 1.82) is 0 Å². The third-order valence-corrected chi connectivity index (χ3v) is 1.54. The van der Waals surface area contributed by atoms with Crippen molar-refractivity contribution < 1.29 is 0 Å². The van der Waals surface area contributed by atoms with Gasteiger partial charge in [-0.15, -0.1) is 0 Å². The van der Waals surface area contributed by atoms with Crippen LogP contribution in [0.2, 0.25) is 0 Å². The highest BCUT2D eigenvalue weighted by molar-refractivity contribution is 4.73. The summed E-state index contributed by atoms with van der Waals surface area (Å²) in [5, 5.41) is 0. The Labute approximate surface area is 50.7 Å². The Morgan fingerprint density at radius 3 is 2.75 bits per heavy atom. The van der Waals surface area contributed by atoms with E-state index in [1.54, 1.807) is 0 Å². The van der Waals surface area contributed by atoms with E-state index in [9.17, 15) is 0 Å². The molecule has 0 aliphatic carbocycles. The van der Waals surface area contributed by atoms with Crippen LogP contribution in [0.15, 0.2) is 0 Å². The molecule has 1 radical (unpaired) electrons. The van der Waals surface area contributed by atoms with E-state index in [-0.39, 0.29) is 0 Å². The molecule has 0 aromatic rings. The first-order valence-electron chi connectivity index (χ1n) is 3.10. The molecule has 1 unspecified atom stereocenters. The molecule has 1 aliphatic rings. The summed E-state index contributed by atoms with van der Waals surface area (Å²) >= 11 is 0. The Morgan fingerprint density at radius 2 is 2.38 bits per heavy atom. The Bertz CT molecular complexity index is 64.9. The van der Waals surface area contributed by atoms with Gasteiger partial charge in [0.15, 0.2) is 0 Å². The number of rotatable bonds is 0. The van der Waals surface area contributed by atoms with Crippen LogP contribution in [0.4, 0.5) is 0 Å². The van der Waals surface area contributed by atoms with Gasteiger partial charge in [-0.3, -0.25) is 0 Å². The minimum atomic E-state index is 0.376. The van der Waals surface area contributed by atoms with Crippen molar-refractivity contribution >= 4 is 0 Å². The van der Waals surface area contributed by atoms with Crippen LogP contribution in [0.1, 0.15) is 12.8 Å². The summed E-state index contributed by atoms with van der Waals surface area (Å²) in [6.45, 7) is 2.09. The molecular formula is C6H13N2. The average molecular weight is 113 g/mol.